The van der Waals surface area contributed by atoms with Gasteiger partial charge in [-0.3, -0.25) is 0 Å². The molecule has 0 unspecified atom stereocenters. The highest BCUT2D eigenvalue weighted by molar-refractivity contribution is 5.69. The molecule has 0 aliphatic carbocycles. The molecule has 2 atom stereocenters. The first-order valence-corrected chi connectivity index (χ1v) is 6.14. The molecule has 106 valence electrons. The Morgan fingerprint density at radius 2 is 1.79 bits per heavy atom. The van der Waals surface area contributed by atoms with E-state index >= 15 is 0 Å². The number of nitrogens with two attached hydrogens (primary N) is 1. The molecule has 1 fully saturated rings. The lowest BCUT2D eigenvalue weighted by Crippen LogP contribution is -2.45. The number of ether oxygens (including phenoxy) is 1. The number of nitrogen functional groups attached to an aromatic ring is 1. The lowest BCUT2D eigenvalue weighted by Gasteiger charge is -2.37. The van der Waals surface area contributed by atoms with Crippen LogP contribution in [0.15, 0.2) is 18.2 Å². The summed E-state index contributed by atoms with van der Waals surface area (Å²) in [6.45, 7) is 5.12. The Labute approximate surface area is 110 Å². The maximum Gasteiger partial charge on any atom is 0.416 e. The van der Waals surface area contributed by atoms with Gasteiger partial charge in [0.05, 0.1) is 29.1 Å². The summed E-state index contributed by atoms with van der Waals surface area (Å²) in [6.07, 6.45) is -4.30. The molecule has 0 amide bonds. The first-order chi connectivity index (χ1) is 8.77. The third kappa shape index (κ3) is 3.12. The summed E-state index contributed by atoms with van der Waals surface area (Å²) in [7, 11) is 0. The van der Waals surface area contributed by atoms with Gasteiger partial charge in [-0.2, -0.15) is 13.2 Å². The Morgan fingerprint density at radius 1 is 1.21 bits per heavy atom. The predicted molar refractivity (Wildman–Crippen MR) is 68.1 cm³/mol. The molecule has 1 aromatic carbocycles. The van der Waals surface area contributed by atoms with Crippen molar-refractivity contribution >= 4 is 11.4 Å². The fourth-order valence-electron chi connectivity index (χ4n) is 2.39. The van der Waals surface area contributed by atoms with Gasteiger partial charge in [-0.1, -0.05) is 0 Å². The van der Waals surface area contributed by atoms with E-state index in [4.69, 9.17) is 10.5 Å². The van der Waals surface area contributed by atoms with Gasteiger partial charge < -0.3 is 15.4 Å². The quantitative estimate of drug-likeness (QED) is 0.800. The number of anilines is 2. The zero-order chi connectivity index (χ0) is 14.2. The molecule has 6 heteroatoms. The molecule has 2 rings (SSSR count). The van der Waals surface area contributed by atoms with Crippen molar-refractivity contribution in [3.63, 3.8) is 0 Å². The third-order valence-corrected chi connectivity index (χ3v) is 3.12. The normalized spacial score (nSPS) is 24.6. The summed E-state index contributed by atoms with van der Waals surface area (Å²) in [5.41, 5.74) is 5.82. The van der Waals surface area contributed by atoms with Gasteiger partial charge in [-0.05, 0) is 32.0 Å². The van der Waals surface area contributed by atoms with Crippen molar-refractivity contribution in [3.05, 3.63) is 23.8 Å². The van der Waals surface area contributed by atoms with Crippen LogP contribution in [0.25, 0.3) is 0 Å². The molecule has 3 nitrogen and oxygen atoms in total. The number of rotatable bonds is 1. The van der Waals surface area contributed by atoms with E-state index in [0.717, 1.165) is 12.1 Å². The summed E-state index contributed by atoms with van der Waals surface area (Å²) in [4.78, 5) is 1.97. The molecule has 0 aromatic heterocycles. The molecular weight excluding hydrogens is 257 g/mol. The van der Waals surface area contributed by atoms with Gasteiger partial charge in [0.1, 0.15) is 0 Å². The molecule has 19 heavy (non-hydrogen) atoms. The number of morpholine rings is 1. The van der Waals surface area contributed by atoms with Crippen LogP contribution >= 0.6 is 0 Å². The molecule has 0 bridgehead atoms. The van der Waals surface area contributed by atoms with Crippen LogP contribution in [-0.2, 0) is 10.9 Å². The first-order valence-electron chi connectivity index (χ1n) is 6.14. The van der Waals surface area contributed by atoms with Gasteiger partial charge in [-0.25, -0.2) is 0 Å². The number of halogens is 3. The van der Waals surface area contributed by atoms with Gasteiger partial charge in [0.2, 0.25) is 0 Å². The zero-order valence-electron chi connectivity index (χ0n) is 10.9. The van der Waals surface area contributed by atoms with Crippen LogP contribution in [0.4, 0.5) is 24.5 Å². The molecule has 0 spiro atoms. The number of alkyl halides is 3. The Bertz CT molecular complexity index is 452. The number of hydrogen-bond acceptors (Lipinski definition) is 3. The molecule has 1 aliphatic heterocycles. The number of hydrogen-bond donors (Lipinski definition) is 1. The zero-order valence-corrected chi connectivity index (χ0v) is 10.9. The van der Waals surface area contributed by atoms with Crippen molar-refractivity contribution in [2.24, 2.45) is 0 Å². The average molecular weight is 274 g/mol. The van der Waals surface area contributed by atoms with Crippen molar-refractivity contribution in [2.45, 2.75) is 32.2 Å². The van der Waals surface area contributed by atoms with Crippen molar-refractivity contribution in [1.29, 1.82) is 0 Å². The summed E-state index contributed by atoms with van der Waals surface area (Å²) in [5.74, 6) is 0. The Kier molecular flexibility index (Phi) is 3.62. The Balaban J connectivity index is 2.26. The molecule has 1 aromatic rings. The SMILES string of the molecule is C[C@@H]1CN(c2ccc(C(F)(F)F)cc2N)C[C@@H](C)O1. The second kappa shape index (κ2) is 4.92. The smallest absolute Gasteiger partial charge is 0.397 e. The molecule has 1 heterocycles. The monoisotopic (exact) mass is 274 g/mol. The minimum Gasteiger partial charge on any atom is -0.397 e. The van der Waals surface area contributed by atoms with Gasteiger partial charge in [0, 0.05) is 13.1 Å². The van der Waals surface area contributed by atoms with Crippen LogP contribution < -0.4 is 10.6 Å². The molecule has 0 radical (unpaired) electrons. The van der Waals surface area contributed by atoms with Crippen molar-refractivity contribution in [2.75, 3.05) is 23.7 Å². The molecule has 0 saturated carbocycles. The fraction of sp³-hybridized carbons (Fsp3) is 0.538. The largest absolute Gasteiger partial charge is 0.416 e. The highest BCUT2D eigenvalue weighted by Gasteiger charge is 2.31. The van der Waals surface area contributed by atoms with Crippen LogP contribution in [0.2, 0.25) is 0 Å². The maximum absolute atomic E-state index is 12.6. The van der Waals surface area contributed by atoms with Crippen LogP contribution in [0.3, 0.4) is 0 Å². The van der Waals surface area contributed by atoms with E-state index < -0.39 is 11.7 Å². The van der Waals surface area contributed by atoms with E-state index in [2.05, 4.69) is 0 Å². The Morgan fingerprint density at radius 3 is 2.26 bits per heavy atom. The first kappa shape index (κ1) is 14.0. The maximum atomic E-state index is 12.6. The van der Waals surface area contributed by atoms with E-state index in [0.29, 0.717) is 18.8 Å². The lowest BCUT2D eigenvalue weighted by molar-refractivity contribution is -0.137. The summed E-state index contributed by atoms with van der Waals surface area (Å²) >= 11 is 0. The van der Waals surface area contributed by atoms with Gasteiger partial charge in [0.15, 0.2) is 0 Å². The highest BCUT2D eigenvalue weighted by Crippen LogP contribution is 2.34. The minimum absolute atomic E-state index is 0.0328. The van der Waals surface area contributed by atoms with Crippen molar-refractivity contribution in [1.82, 2.24) is 0 Å². The number of benzene rings is 1. The third-order valence-electron chi connectivity index (χ3n) is 3.12. The van der Waals surface area contributed by atoms with E-state index in [9.17, 15) is 13.2 Å². The van der Waals surface area contributed by atoms with Crippen LogP contribution in [-0.4, -0.2) is 25.3 Å². The molecule has 2 N–H and O–H groups in total. The van der Waals surface area contributed by atoms with E-state index in [-0.39, 0.29) is 17.9 Å². The molecule has 1 saturated heterocycles. The summed E-state index contributed by atoms with van der Waals surface area (Å²) < 4.78 is 43.3. The van der Waals surface area contributed by atoms with Crippen molar-refractivity contribution < 1.29 is 17.9 Å². The van der Waals surface area contributed by atoms with Crippen LogP contribution in [0.5, 0.6) is 0 Å². The van der Waals surface area contributed by atoms with Crippen molar-refractivity contribution in [3.8, 4) is 0 Å². The van der Waals surface area contributed by atoms with Gasteiger partial charge in [-0.15, -0.1) is 0 Å². The average Bonchev–Trinajstić information content (AvgIpc) is 2.26. The fourth-order valence-corrected chi connectivity index (χ4v) is 2.39. The standard InChI is InChI=1S/C13H17F3N2O/c1-8-6-18(7-9(2)19-8)12-4-3-10(5-11(12)17)13(14,15)16/h3-5,8-9H,6-7,17H2,1-2H3/t8-,9-/m1/s1. The second-order valence-corrected chi connectivity index (χ2v) is 4.93. The van der Waals surface area contributed by atoms with Gasteiger partial charge in [0.25, 0.3) is 0 Å². The predicted octanol–water partition coefficient (Wildman–Crippen LogP) is 2.90. The highest BCUT2D eigenvalue weighted by atomic mass is 19.4. The Hall–Kier alpha value is -1.43. The van der Waals surface area contributed by atoms with E-state index in [1.54, 1.807) is 0 Å². The molecule has 1 aliphatic rings. The topological polar surface area (TPSA) is 38.5 Å². The number of nitrogens with zero attached hydrogens (tertiary/aromatic N) is 1. The van der Waals surface area contributed by atoms with Gasteiger partial charge >= 0.3 is 6.18 Å². The lowest BCUT2D eigenvalue weighted by atomic mass is 10.1. The van der Waals surface area contributed by atoms with E-state index in [1.807, 2.05) is 18.7 Å². The summed E-state index contributed by atoms with van der Waals surface area (Å²) in [6, 6.07) is 3.49. The minimum atomic E-state index is -4.36. The summed E-state index contributed by atoms with van der Waals surface area (Å²) in [5, 5.41) is 0. The van der Waals surface area contributed by atoms with Crippen LogP contribution in [0.1, 0.15) is 19.4 Å². The second-order valence-electron chi connectivity index (χ2n) is 4.93. The van der Waals surface area contributed by atoms with E-state index in [1.165, 1.54) is 6.07 Å². The van der Waals surface area contributed by atoms with Crippen LogP contribution in [0, 0.1) is 0 Å². The molecular formula is C13H17F3N2O.